The number of hydrogen-bond acceptors (Lipinski definition) is 2. The van der Waals surface area contributed by atoms with Gasteiger partial charge in [-0.1, -0.05) is 35.3 Å². The number of ketones is 1. The van der Waals surface area contributed by atoms with Crippen molar-refractivity contribution in [2.45, 2.75) is 19.4 Å². The monoisotopic (exact) mass is 306 g/mol. The highest BCUT2D eigenvalue weighted by molar-refractivity contribution is 6.35. The molecule has 0 N–H and O–H groups in total. The second-order valence-electron chi connectivity index (χ2n) is 4.77. The van der Waals surface area contributed by atoms with Crippen molar-refractivity contribution in [2.75, 3.05) is 0 Å². The van der Waals surface area contributed by atoms with Crippen LogP contribution in [0, 0.1) is 0 Å². The Morgan fingerprint density at radius 1 is 1.05 bits per heavy atom. The number of carbonyl (C=O) groups is 1. The first-order chi connectivity index (χ1) is 9.63. The molecule has 20 heavy (non-hydrogen) atoms. The molecule has 0 spiro atoms. The lowest BCUT2D eigenvalue weighted by Gasteiger charge is -2.09. The lowest BCUT2D eigenvalue weighted by Crippen LogP contribution is -1.98. The zero-order valence-electron chi connectivity index (χ0n) is 10.7. The summed E-state index contributed by atoms with van der Waals surface area (Å²) in [5.74, 6) is 0.875. The van der Waals surface area contributed by atoms with Crippen LogP contribution in [0.2, 0.25) is 10.0 Å². The van der Waals surface area contributed by atoms with Gasteiger partial charge in [0, 0.05) is 27.6 Å². The first kappa shape index (κ1) is 13.5. The van der Waals surface area contributed by atoms with Gasteiger partial charge < -0.3 is 4.74 Å². The number of hydrogen-bond donors (Lipinski definition) is 0. The van der Waals surface area contributed by atoms with Gasteiger partial charge in [-0.2, -0.15) is 0 Å². The first-order valence-corrected chi connectivity index (χ1v) is 7.12. The van der Waals surface area contributed by atoms with Crippen LogP contribution in [-0.4, -0.2) is 5.78 Å². The van der Waals surface area contributed by atoms with E-state index < -0.39 is 0 Å². The Labute approximate surface area is 127 Å². The van der Waals surface area contributed by atoms with Crippen molar-refractivity contribution < 1.29 is 9.53 Å². The lowest BCUT2D eigenvalue weighted by molar-refractivity contribution is 0.0994. The predicted molar refractivity (Wildman–Crippen MR) is 79.9 cm³/mol. The van der Waals surface area contributed by atoms with Crippen LogP contribution in [0.15, 0.2) is 36.4 Å². The molecule has 0 saturated carbocycles. The second kappa shape index (κ2) is 5.47. The van der Waals surface area contributed by atoms with Gasteiger partial charge in [-0.15, -0.1) is 0 Å². The van der Waals surface area contributed by atoms with E-state index in [0.717, 1.165) is 23.1 Å². The first-order valence-electron chi connectivity index (χ1n) is 6.36. The number of fused-ring (bicyclic) bond motifs is 1. The molecule has 0 bridgehead atoms. The highest BCUT2D eigenvalue weighted by Crippen LogP contribution is 2.27. The Hall–Kier alpha value is -1.51. The molecule has 2 aromatic rings. The summed E-state index contributed by atoms with van der Waals surface area (Å²) >= 11 is 11.9. The van der Waals surface area contributed by atoms with E-state index >= 15 is 0 Å². The lowest BCUT2D eigenvalue weighted by atomic mass is 10.1. The maximum absolute atomic E-state index is 11.7. The molecule has 1 aliphatic rings. The fourth-order valence-electron chi connectivity index (χ4n) is 2.31. The van der Waals surface area contributed by atoms with E-state index in [1.807, 2.05) is 24.3 Å². The second-order valence-corrected chi connectivity index (χ2v) is 5.61. The van der Waals surface area contributed by atoms with Gasteiger partial charge in [0.2, 0.25) is 0 Å². The minimum Gasteiger partial charge on any atom is -0.489 e. The fraction of sp³-hybridized carbons (Fsp3) is 0.188. The third kappa shape index (κ3) is 2.67. The average molecular weight is 307 g/mol. The summed E-state index contributed by atoms with van der Waals surface area (Å²) in [6.45, 7) is 0.350. The van der Waals surface area contributed by atoms with Crippen molar-refractivity contribution in [3.05, 3.63) is 63.1 Å². The van der Waals surface area contributed by atoms with Crippen molar-refractivity contribution in [2.24, 2.45) is 0 Å². The van der Waals surface area contributed by atoms with E-state index in [4.69, 9.17) is 27.9 Å². The molecule has 2 nitrogen and oxygen atoms in total. The Balaban J connectivity index is 1.76. The van der Waals surface area contributed by atoms with Gasteiger partial charge in [-0.3, -0.25) is 4.79 Å². The molecule has 1 aliphatic carbocycles. The molecule has 3 rings (SSSR count). The molecule has 0 heterocycles. The molecule has 0 fully saturated rings. The van der Waals surface area contributed by atoms with Crippen molar-refractivity contribution in [3.8, 4) is 5.75 Å². The average Bonchev–Trinajstić information content (AvgIpc) is 2.79. The topological polar surface area (TPSA) is 26.3 Å². The number of rotatable bonds is 3. The Kier molecular flexibility index (Phi) is 3.68. The third-order valence-corrected chi connectivity index (χ3v) is 4.00. The molecule has 0 unspecified atom stereocenters. The number of halogens is 2. The molecule has 4 heteroatoms. The van der Waals surface area contributed by atoms with Gasteiger partial charge in [0.25, 0.3) is 0 Å². The molecular formula is C16H12Cl2O2. The van der Waals surface area contributed by atoms with Crippen LogP contribution in [-0.2, 0) is 13.0 Å². The molecule has 0 saturated heterocycles. The molecule has 0 aromatic heterocycles. The van der Waals surface area contributed by atoms with Crippen LogP contribution in [0.5, 0.6) is 5.75 Å². The van der Waals surface area contributed by atoms with E-state index in [1.54, 1.807) is 12.1 Å². The SMILES string of the molecule is O=C1CCc2ccc(OCc3ccc(Cl)cc3Cl)cc21. The van der Waals surface area contributed by atoms with Crippen LogP contribution in [0.1, 0.15) is 27.9 Å². The molecule has 0 atom stereocenters. The summed E-state index contributed by atoms with van der Waals surface area (Å²) in [7, 11) is 0. The van der Waals surface area contributed by atoms with Crippen molar-refractivity contribution in [1.29, 1.82) is 0 Å². The quantitative estimate of drug-likeness (QED) is 0.821. The van der Waals surface area contributed by atoms with E-state index in [1.165, 1.54) is 0 Å². The van der Waals surface area contributed by atoms with Crippen LogP contribution in [0.25, 0.3) is 0 Å². The third-order valence-electron chi connectivity index (χ3n) is 3.41. The van der Waals surface area contributed by atoms with E-state index in [9.17, 15) is 4.79 Å². The number of ether oxygens (including phenoxy) is 1. The maximum atomic E-state index is 11.7. The molecular weight excluding hydrogens is 295 g/mol. The maximum Gasteiger partial charge on any atom is 0.163 e. The molecule has 102 valence electrons. The summed E-state index contributed by atoms with van der Waals surface area (Å²) in [6, 6.07) is 11.0. The molecule has 0 aliphatic heterocycles. The van der Waals surface area contributed by atoms with E-state index in [-0.39, 0.29) is 5.78 Å². The number of aryl methyl sites for hydroxylation is 1. The smallest absolute Gasteiger partial charge is 0.163 e. The van der Waals surface area contributed by atoms with Crippen molar-refractivity contribution in [1.82, 2.24) is 0 Å². The minimum atomic E-state index is 0.190. The largest absolute Gasteiger partial charge is 0.489 e. The van der Waals surface area contributed by atoms with Crippen LogP contribution >= 0.6 is 23.2 Å². The van der Waals surface area contributed by atoms with Crippen LogP contribution < -0.4 is 4.74 Å². The fourth-order valence-corrected chi connectivity index (χ4v) is 2.77. The summed E-state index contributed by atoms with van der Waals surface area (Å²) < 4.78 is 5.71. The Morgan fingerprint density at radius 2 is 1.90 bits per heavy atom. The normalized spacial score (nSPS) is 13.4. The number of benzene rings is 2. The standard InChI is InChI=1S/C16H12Cl2O2/c17-12-4-1-11(15(18)7-12)9-20-13-5-2-10-3-6-16(19)14(10)8-13/h1-2,4-5,7-8H,3,6,9H2. The highest BCUT2D eigenvalue weighted by atomic mass is 35.5. The molecule has 0 amide bonds. The Morgan fingerprint density at radius 3 is 2.70 bits per heavy atom. The van der Waals surface area contributed by atoms with E-state index in [0.29, 0.717) is 28.8 Å². The summed E-state index contributed by atoms with van der Waals surface area (Å²) in [4.78, 5) is 11.7. The zero-order valence-corrected chi connectivity index (χ0v) is 12.2. The number of Topliss-reactive ketones (excluding diaryl/α,β-unsaturated/α-hetero) is 1. The van der Waals surface area contributed by atoms with Gasteiger partial charge in [-0.05, 0) is 36.2 Å². The molecule has 2 aromatic carbocycles. The summed E-state index contributed by atoms with van der Waals surface area (Å²) in [6.07, 6.45) is 1.43. The van der Waals surface area contributed by atoms with Crippen molar-refractivity contribution >= 4 is 29.0 Å². The molecule has 0 radical (unpaired) electrons. The van der Waals surface area contributed by atoms with Gasteiger partial charge in [0.1, 0.15) is 12.4 Å². The van der Waals surface area contributed by atoms with Gasteiger partial charge >= 0.3 is 0 Å². The number of carbonyl (C=O) groups excluding carboxylic acids is 1. The van der Waals surface area contributed by atoms with Crippen molar-refractivity contribution in [3.63, 3.8) is 0 Å². The van der Waals surface area contributed by atoms with Gasteiger partial charge in [-0.25, -0.2) is 0 Å². The minimum absolute atomic E-state index is 0.190. The van der Waals surface area contributed by atoms with Gasteiger partial charge in [0.15, 0.2) is 5.78 Å². The van der Waals surface area contributed by atoms with Crippen LogP contribution in [0.4, 0.5) is 0 Å². The summed E-state index contributed by atoms with van der Waals surface area (Å²) in [5, 5.41) is 1.18. The van der Waals surface area contributed by atoms with E-state index in [2.05, 4.69) is 0 Å². The van der Waals surface area contributed by atoms with Gasteiger partial charge in [0.05, 0.1) is 0 Å². The Bertz CT molecular complexity index is 680. The highest BCUT2D eigenvalue weighted by Gasteiger charge is 2.19. The zero-order chi connectivity index (χ0) is 14.1. The summed E-state index contributed by atoms with van der Waals surface area (Å²) in [5.41, 5.74) is 2.75. The predicted octanol–water partition coefficient (Wildman–Crippen LogP) is 4.70. The van der Waals surface area contributed by atoms with Crippen LogP contribution in [0.3, 0.4) is 0 Å².